The first kappa shape index (κ1) is 18.6. The quantitative estimate of drug-likeness (QED) is 0.698. The first-order chi connectivity index (χ1) is 9.57. The van der Waals surface area contributed by atoms with Gasteiger partial charge in [-0.05, 0) is 66.2 Å². The van der Waals surface area contributed by atoms with Gasteiger partial charge in [-0.2, -0.15) is 13.2 Å². The van der Waals surface area contributed by atoms with Gasteiger partial charge >= 0.3 is 5.51 Å². The van der Waals surface area contributed by atoms with Crippen LogP contribution in [0.1, 0.15) is 26.3 Å². The van der Waals surface area contributed by atoms with Gasteiger partial charge in [0.05, 0.1) is 11.1 Å². The molecule has 1 aromatic rings. The highest BCUT2D eigenvalue weighted by atomic mass is 79.9. The summed E-state index contributed by atoms with van der Waals surface area (Å²) in [6, 6.07) is 5.57. The van der Waals surface area contributed by atoms with Crippen LogP contribution in [0.5, 0.6) is 5.75 Å². The lowest BCUT2D eigenvalue weighted by atomic mass is 10.1. The van der Waals surface area contributed by atoms with E-state index in [1.165, 1.54) is 0 Å². The van der Waals surface area contributed by atoms with Gasteiger partial charge in [0.25, 0.3) is 0 Å². The van der Waals surface area contributed by atoms with Crippen molar-refractivity contribution in [3.05, 3.63) is 28.2 Å². The molecule has 0 aromatic heterocycles. The van der Waals surface area contributed by atoms with Crippen LogP contribution in [0.2, 0.25) is 0 Å². The zero-order valence-electron chi connectivity index (χ0n) is 12.2. The van der Waals surface area contributed by atoms with E-state index < -0.39 is 5.51 Å². The number of ether oxygens (including phenoxy) is 1. The van der Waals surface area contributed by atoms with E-state index in [1.807, 2.05) is 12.1 Å². The Morgan fingerprint density at radius 1 is 1.24 bits per heavy atom. The van der Waals surface area contributed by atoms with Gasteiger partial charge < -0.3 is 10.1 Å². The van der Waals surface area contributed by atoms with Gasteiger partial charge in [0, 0.05) is 17.8 Å². The van der Waals surface area contributed by atoms with Gasteiger partial charge in [0.2, 0.25) is 0 Å². The maximum absolute atomic E-state index is 12.0. The van der Waals surface area contributed by atoms with Gasteiger partial charge in [-0.1, -0.05) is 6.07 Å². The Morgan fingerprint density at radius 2 is 1.90 bits per heavy atom. The molecule has 0 atom stereocenters. The molecule has 0 aliphatic rings. The Hall–Kier alpha value is -0.400. The first-order valence-electron chi connectivity index (χ1n) is 6.44. The second kappa shape index (κ2) is 7.74. The number of halogens is 4. The number of hydrogen-bond donors (Lipinski definition) is 1. The van der Waals surface area contributed by atoms with E-state index in [9.17, 15) is 13.2 Å². The smallest absolute Gasteiger partial charge is 0.441 e. The number of benzene rings is 1. The minimum absolute atomic E-state index is 0.0162. The molecular formula is C14H19BrF3NOS. The SMILES string of the molecule is CC(C)(C)NCc1ccc(OCCSC(F)(F)F)c(Br)c1. The van der Waals surface area contributed by atoms with Crippen molar-refractivity contribution in [2.45, 2.75) is 38.4 Å². The molecule has 1 aromatic carbocycles. The number of rotatable bonds is 6. The van der Waals surface area contributed by atoms with Crippen LogP contribution in [0.3, 0.4) is 0 Å². The van der Waals surface area contributed by atoms with Crippen LogP contribution < -0.4 is 10.1 Å². The van der Waals surface area contributed by atoms with Crippen LogP contribution in [0.4, 0.5) is 13.2 Å². The molecule has 0 spiro atoms. The normalized spacial score (nSPS) is 12.5. The van der Waals surface area contributed by atoms with Crippen molar-refractivity contribution in [3.63, 3.8) is 0 Å². The van der Waals surface area contributed by atoms with Crippen molar-refractivity contribution >= 4 is 27.7 Å². The molecule has 0 unspecified atom stereocenters. The number of hydrogen-bond acceptors (Lipinski definition) is 3. The van der Waals surface area contributed by atoms with Crippen molar-refractivity contribution in [1.29, 1.82) is 0 Å². The zero-order chi connectivity index (χ0) is 16.1. The lowest BCUT2D eigenvalue weighted by Crippen LogP contribution is -2.35. The molecule has 0 amide bonds. The predicted octanol–water partition coefficient (Wildman–Crippen LogP) is 4.97. The first-order valence-corrected chi connectivity index (χ1v) is 8.22. The summed E-state index contributed by atoms with van der Waals surface area (Å²) >= 11 is 3.30. The molecule has 0 radical (unpaired) electrons. The molecule has 2 nitrogen and oxygen atoms in total. The summed E-state index contributed by atoms with van der Waals surface area (Å²) in [5, 5.41) is 3.36. The molecule has 0 bridgehead atoms. The summed E-state index contributed by atoms with van der Waals surface area (Å²) in [6.45, 7) is 6.97. The van der Waals surface area contributed by atoms with E-state index in [0.717, 1.165) is 10.0 Å². The molecule has 21 heavy (non-hydrogen) atoms. The van der Waals surface area contributed by atoms with Crippen LogP contribution >= 0.6 is 27.7 Å². The van der Waals surface area contributed by atoms with Crippen LogP contribution in [0.15, 0.2) is 22.7 Å². The monoisotopic (exact) mass is 385 g/mol. The van der Waals surface area contributed by atoms with E-state index in [1.54, 1.807) is 6.07 Å². The highest BCUT2D eigenvalue weighted by Gasteiger charge is 2.27. The second-order valence-electron chi connectivity index (χ2n) is 5.51. The fourth-order valence-corrected chi connectivity index (χ4v) is 2.39. The summed E-state index contributed by atoms with van der Waals surface area (Å²) in [5.74, 6) is 0.431. The van der Waals surface area contributed by atoms with Gasteiger partial charge in [-0.15, -0.1) is 0 Å². The number of alkyl halides is 3. The third kappa shape index (κ3) is 8.58. The molecule has 1 rings (SSSR count). The maximum atomic E-state index is 12.0. The van der Waals surface area contributed by atoms with Crippen LogP contribution in [0.25, 0.3) is 0 Å². The summed E-state index contributed by atoms with van der Waals surface area (Å²) in [7, 11) is 0. The highest BCUT2D eigenvalue weighted by molar-refractivity contribution is 9.10. The molecule has 0 aliphatic carbocycles. The summed E-state index contributed by atoms with van der Waals surface area (Å²) < 4.78 is 42.0. The van der Waals surface area contributed by atoms with Gasteiger partial charge in [-0.25, -0.2) is 0 Å². The van der Waals surface area contributed by atoms with Crippen LogP contribution in [0, 0.1) is 0 Å². The largest absolute Gasteiger partial charge is 0.492 e. The van der Waals surface area contributed by atoms with E-state index in [2.05, 4.69) is 42.0 Å². The average molecular weight is 386 g/mol. The molecule has 0 aliphatic heterocycles. The topological polar surface area (TPSA) is 21.3 Å². The van der Waals surface area contributed by atoms with Crippen molar-refractivity contribution in [2.24, 2.45) is 0 Å². The summed E-state index contributed by atoms with van der Waals surface area (Å²) in [6.07, 6.45) is 0. The Kier molecular flexibility index (Phi) is 6.87. The second-order valence-corrected chi connectivity index (χ2v) is 7.53. The third-order valence-electron chi connectivity index (χ3n) is 2.43. The average Bonchev–Trinajstić information content (AvgIpc) is 2.32. The fraction of sp³-hybridized carbons (Fsp3) is 0.571. The Balaban J connectivity index is 2.47. The molecule has 0 saturated heterocycles. The standard InChI is InChI=1S/C14H19BrF3NOS/c1-13(2,3)19-9-10-4-5-12(11(15)8-10)20-6-7-21-14(16,17)18/h4-5,8,19H,6-7,9H2,1-3H3. The van der Waals surface area contributed by atoms with Crippen molar-refractivity contribution in [2.75, 3.05) is 12.4 Å². The third-order valence-corrected chi connectivity index (χ3v) is 3.74. The Labute approximate surface area is 136 Å². The molecule has 0 fully saturated rings. The predicted molar refractivity (Wildman–Crippen MR) is 84.7 cm³/mol. The molecule has 0 heterocycles. The van der Waals surface area contributed by atoms with E-state index in [4.69, 9.17) is 4.74 Å². The zero-order valence-corrected chi connectivity index (χ0v) is 14.6. The molecule has 120 valence electrons. The van der Waals surface area contributed by atoms with Gasteiger partial charge in [-0.3, -0.25) is 0 Å². The van der Waals surface area contributed by atoms with Crippen LogP contribution in [-0.2, 0) is 6.54 Å². The molecule has 7 heteroatoms. The lowest BCUT2D eigenvalue weighted by Gasteiger charge is -2.20. The molecule has 0 saturated carbocycles. The van der Waals surface area contributed by atoms with Crippen molar-refractivity contribution in [1.82, 2.24) is 5.32 Å². The molecule has 1 N–H and O–H groups in total. The number of thioether (sulfide) groups is 1. The van der Waals surface area contributed by atoms with E-state index in [-0.39, 0.29) is 29.7 Å². The summed E-state index contributed by atoms with van der Waals surface area (Å²) in [5.41, 5.74) is -3.10. The maximum Gasteiger partial charge on any atom is 0.441 e. The minimum atomic E-state index is -4.21. The summed E-state index contributed by atoms with van der Waals surface area (Å²) in [4.78, 5) is 0. The van der Waals surface area contributed by atoms with Gasteiger partial charge in [0.1, 0.15) is 5.75 Å². The lowest BCUT2D eigenvalue weighted by molar-refractivity contribution is -0.0329. The number of nitrogens with one attached hydrogen (secondary N) is 1. The molecular weight excluding hydrogens is 367 g/mol. The van der Waals surface area contributed by atoms with E-state index in [0.29, 0.717) is 12.3 Å². The Morgan fingerprint density at radius 3 is 2.43 bits per heavy atom. The fourth-order valence-electron chi connectivity index (χ4n) is 1.45. The van der Waals surface area contributed by atoms with Crippen molar-refractivity contribution < 1.29 is 17.9 Å². The van der Waals surface area contributed by atoms with E-state index >= 15 is 0 Å². The Bertz CT molecular complexity index is 461. The van der Waals surface area contributed by atoms with Gasteiger partial charge in [0.15, 0.2) is 0 Å². The highest BCUT2D eigenvalue weighted by Crippen LogP contribution is 2.31. The van der Waals surface area contributed by atoms with Crippen molar-refractivity contribution in [3.8, 4) is 5.75 Å². The minimum Gasteiger partial charge on any atom is -0.492 e. The van der Waals surface area contributed by atoms with Crippen LogP contribution in [-0.4, -0.2) is 23.4 Å².